The number of amides is 2. The van der Waals surface area contributed by atoms with E-state index in [4.69, 9.17) is 9.97 Å². The third-order valence-electron chi connectivity index (χ3n) is 6.66. The molecule has 0 aliphatic carbocycles. The normalized spacial score (nSPS) is 17.4. The number of rotatable bonds is 8. The molecule has 9 nitrogen and oxygen atoms in total. The minimum atomic E-state index is -0.382. The number of imide groups is 1. The van der Waals surface area contributed by atoms with Gasteiger partial charge in [-0.05, 0) is 80.8 Å². The second-order valence-corrected chi connectivity index (χ2v) is 10.8. The van der Waals surface area contributed by atoms with E-state index in [1.165, 1.54) is 0 Å². The van der Waals surface area contributed by atoms with Crippen LogP contribution in [0.2, 0.25) is 0 Å². The van der Waals surface area contributed by atoms with Gasteiger partial charge in [0.15, 0.2) is 0 Å². The molecular formula is C28H31N7O2S. The summed E-state index contributed by atoms with van der Waals surface area (Å²) in [7, 11) is 0. The number of thioether (sulfide) groups is 1. The van der Waals surface area contributed by atoms with Crippen molar-refractivity contribution in [3.05, 3.63) is 82.0 Å². The molecule has 2 saturated heterocycles. The van der Waals surface area contributed by atoms with Crippen LogP contribution in [0.25, 0.3) is 6.08 Å². The lowest BCUT2D eigenvalue weighted by Gasteiger charge is -2.35. The molecule has 10 heteroatoms. The first-order chi connectivity index (χ1) is 18.4. The SMILES string of the molecule is Cc1cccc(CN(Cc2cccc(C)n2)CC2CCN(c3nccc(/C=C4\SC(=O)NC4=O)n3)CC2)n1. The van der Waals surface area contributed by atoms with Crippen LogP contribution in [-0.4, -0.2) is 55.6 Å². The molecule has 3 aromatic heterocycles. The number of hydrogen-bond donors (Lipinski definition) is 1. The first-order valence-corrected chi connectivity index (χ1v) is 13.6. The van der Waals surface area contributed by atoms with Crippen LogP contribution in [0.1, 0.15) is 41.3 Å². The van der Waals surface area contributed by atoms with Gasteiger partial charge in [0.1, 0.15) is 0 Å². The Morgan fingerprint density at radius 3 is 2.21 bits per heavy atom. The topological polar surface area (TPSA) is 104 Å². The summed E-state index contributed by atoms with van der Waals surface area (Å²) in [6.07, 6.45) is 5.39. The number of nitrogens with one attached hydrogen (secondary N) is 1. The summed E-state index contributed by atoms with van der Waals surface area (Å²) in [4.78, 5) is 46.9. The average molecular weight is 530 g/mol. The summed E-state index contributed by atoms with van der Waals surface area (Å²) in [6, 6.07) is 14.1. The van der Waals surface area contributed by atoms with Crippen molar-refractivity contribution < 1.29 is 9.59 Å². The minimum absolute atomic E-state index is 0.352. The van der Waals surface area contributed by atoms with Crippen molar-refractivity contribution >= 4 is 34.9 Å². The standard InChI is InChI=1S/C28H31N7O2S/c1-19-5-3-7-23(30-19)17-34(18-24-8-4-6-20(2)31-24)16-21-10-13-35(14-11-21)27-29-12-9-22(32-27)15-25-26(36)33-28(37)38-25/h3-9,12,15,21H,10-11,13-14,16-18H2,1-2H3,(H,33,36,37)/b25-15-. The molecule has 0 bridgehead atoms. The van der Waals surface area contributed by atoms with Gasteiger partial charge in [-0.2, -0.15) is 0 Å². The maximum absolute atomic E-state index is 11.9. The van der Waals surface area contributed by atoms with Crippen molar-refractivity contribution in [3.8, 4) is 0 Å². The molecule has 2 amide bonds. The Bertz CT molecular complexity index is 1310. The maximum Gasteiger partial charge on any atom is 0.290 e. The third-order valence-corrected chi connectivity index (χ3v) is 7.47. The van der Waals surface area contributed by atoms with Gasteiger partial charge in [-0.1, -0.05) is 12.1 Å². The summed E-state index contributed by atoms with van der Waals surface area (Å²) in [5.74, 6) is 0.806. The maximum atomic E-state index is 11.9. The van der Waals surface area contributed by atoms with Crippen LogP contribution in [0.4, 0.5) is 10.7 Å². The number of anilines is 1. The first kappa shape index (κ1) is 26.0. The summed E-state index contributed by atoms with van der Waals surface area (Å²) in [5.41, 5.74) is 4.82. The Hall–Kier alpha value is -3.63. The van der Waals surface area contributed by atoms with Gasteiger partial charge in [0.05, 0.1) is 22.0 Å². The molecule has 0 radical (unpaired) electrons. The third kappa shape index (κ3) is 6.81. The molecule has 0 aromatic carbocycles. The van der Waals surface area contributed by atoms with E-state index in [1.54, 1.807) is 18.3 Å². The number of nitrogens with zero attached hydrogens (tertiary/aromatic N) is 6. The summed E-state index contributed by atoms with van der Waals surface area (Å²) in [6.45, 7) is 8.30. The molecule has 2 fully saturated rings. The molecule has 2 aliphatic rings. The highest BCUT2D eigenvalue weighted by molar-refractivity contribution is 8.18. The molecule has 0 unspecified atom stereocenters. The van der Waals surface area contributed by atoms with Gasteiger partial charge in [-0.3, -0.25) is 29.8 Å². The Kier molecular flexibility index (Phi) is 8.09. The fourth-order valence-corrected chi connectivity index (χ4v) is 5.52. The highest BCUT2D eigenvalue weighted by atomic mass is 32.2. The second-order valence-electron chi connectivity index (χ2n) is 9.77. The van der Waals surface area contributed by atoms with Gasteiger partial charge in [0, 0.05) is 50.3 Å². The van der Waals surface area contributed by atoms with Gasteiger partial charge in [0.25, 0.3) is 11.1 Å². The van der Waals surface area contributed by atoms with E-state index in [0.717, 1.165) is 80.1 Å². The van der Waals surface area contributed by atoms with Crippen molar-refractivity contribution in [2.75, 3.05) is 24.5 Å². The van der Waals surface area contributed by atoms with Crippen LogP contribution in [0, 0.1) is 19.8 Å². The zero-order chi connectivity index (χ0) is 26.5. The molecule has 5 rings (SSSR count). The molecule has 0 saturated carbocycles. The smallest absolute Gasteiger partial charge is 0.290 e. The zero-order valence-electron chi connectivity index (χ0n) is 21.6. The highest BCUT2D eigenvalue weighted by Crippen LogP contribution is 2.26. The molecule has 38 heavy (non-hydrogen) atoms. The van der Waals surface area contributed by atoms with Gasteiger partial charge in [0.2, 0.25) is 5.95 Å². The molecule has 2 aliphatic heterocycles. The van der Waals surface area contributed by atoms with E-state index in [1.807, 2.05) is 26.0 Å². The Balaban J connectivity index is 1.23. The van der Waals surface area contributed by atoms with Gasteiger partial charge < -0.3 is 4.90 Å². The van der Waals surface area contributed by atoms with Crippen LogP contribution in [0.15, 0.2) is 53.6 Å². The lowest BCUT2D eigenvalue weighted by atomic mass is 9.96. The quantitative estimate of drug-likeness (QED) is 0.431. The van der Waals surface area contributed by atoms with E-state index in [9.17, 15) is 9.59 Å². The number of hydrogen-bond acceptors (Lipinski definition) is 9. The predicted molar refractivity (Wildman–Crippen MR) is 148 cm³/mol. The van der Waals surface area contributed by atoms with E-state index >= 15 is 0 Å². The predicted octanol–water partition coefficient (Wildman–Crippen LogP) is 4.13. The Labute approximate surface area is 226 Å². The van der Waals surface area contributed by atoms with Gasteiger partial charge in [-0.25, -0.2) is 9.97 Å². The summed E-state index contributed by atoms with van der Waals surface area (Å²) >= 11 is 0.892. The Morgan fingerprint density at radius 2 is 1.63 bits per heavy atom. The van der Waals surface area contributed by atoms with Crippen molar-refractivity contribution in [2.24, 2.45) is 5.92 Å². The van der Waals surface area contributed by atoms with E-state index in [2.05, 4.69) is 49.4 Å². The molecule has 196 valence electrons. The van der Waals surface area contributed by atoms with E-state index in [-0.39, 0.29) is 11.1 Å². The largest absolute Gasteiger partial charge is 0.341 e. The van der Waals surface area contributed by atoms with Crippen LogP contribution >= 0.6 is 11.8 Å². The van der Waals surface area contributed by atoms with Gasteiger partial charge >= 0.3 is 0 Å². The van der Waals surface area contributed by atoms with Crippen LogP contribution in [0.3, 0.4) is 0 Å². The van der Waals surface area contributed by atoms with Crippen molar-refractivity contribution in [2.45, 2.75) is 39.8 Å². The highest BCUT2D eigenvalue weighted by Gasteiger charge is 2.26. The lowest BCUT2D eigenvalue weighted by Crippen LogP contribution is -2.39. The zero-order valence-corrected chi connectivity index (χ0v) is 22.4. The number of pyridine rings is 2. The number of aryl methyl sites for hydroxylation is 2. The number of carbonyl (C=O) groups is 2. The molecule has 0 atom stereocenters. The molecule has 3 aromatic rings. The fraction of sp³-hybridized carbons (Fsp3) is 0.357. The minimum Gasteiger partial charge on any atom is -0.341 e. The number of aromatic nitrogens is 4. The van der Waals surface area contributed by atoms with E-state index in [0.29, 0.717) is 22.5 Å². The first-order valence-electron chi connectivity index (χ1n) is 12.8. The average Bonchev–Trinajstić information content (AvgIpc) is 3.20. The number of piperidine rings is 1. The van der Waals surface area contributed by atoms with Crippen LogP contribution < -0.4 is 10.2 Å². The molecule has 0 spiro atoms. The van der Waals surface area contributed by atoms with Crippen molar-refractivity contribution in [1.82, 2.24) is 30.2 Å². The molecular weight excluding hydrogens is 498 g/mol. The summed E-state index contributed by atoms with van der Waals surface area (Å²) in [5, 5.41) is 1.91. The Morgan fingerprint density at radius 1 is 0.974 bits per heavy atom. The van der Waals surface area contributed by atoms with Crippen LogP contribution in [-0.2, 0) is 17.9 Å². The van der Waals surface area contributed by atoms with Crippen LogP contribution in [0.5, 0.6) is 0 Å². The lowest BCUT2D eigenvalue weighted by molar-refractivity contribution is -0.115. The summed E-state index contributed by atoms with van der Waals surface area (Å²) < 4.78 is 0. The monoisotopic (exact) mass is 529 g/mol. The molecule has 1 N–H and O–H groups in total. The number of carbonyl (C=O) groups excluding carboxylic acids is 2. The van der Waals surface area contributed by atoms with Gasteiger partial charge in [-0.15, -0.1) is 0 Å². The van der Waals surface area contributed by atoms with Crippen molar-refractivity contribution in [1.29, 1.82) is 0 Å². The van der Waals surface area contributed by atoms with Crippen molar-refractivity contribution in [3.63, 3.8) is 0 Å². The van der Waals surface area contributed by atoms with E-state index < -0.39 is 0 Å². The molecule has 5 heterocycles. The second kappa shape index (κ2) is 11.8. The fourth-order valence-electron chi connectivity index (χ4n) is 4.85.